The van der Waals surface area contributed by atoms with Gasteiger partial charge >= 0.3 is 0 Å². The molecule has 1 aromatic carbocycles. The molecule has 2 aromatic rings. The highest BCUT2D eigenvalue weighted by molar-refractivity contribution is 6.30. The summed E-state index contributed by atoms with van der Waals surface area (Å²) in [6.07, 6.45) is 4.55. The molecule has 0 saturated heterocycles. The Labute approximate surface area is 173 Å². The van der Waals surface area contributed by atoms with Crippen molar-refractivity contribution in [2.75, 3.05) is 6.54 Å². The molecule has 1 saturated carbocycles. The highest BCUT2D eigenvalue weighted by atomic mass is 35.5. The van der Waals surface area contributed by atoms with E-state index in [-0.39, 0.29) is 30.2 Å². The summed E-state index contributed by atoms with van der Waals surface area (Å²) < 4.78 is 1.92. The molecule has 7 heteroatoms. The van der Waals surface area contributed by atoms with Crippen LogP contribution in [0.15, 0.2) is 30.3 Å². The first kappa shape index (κ1) is 23.3. The van der Waals surface area contributed by atoms with Crippen molar-refractivity contribution in [3.8, 4) is 0 Å². The van der Waals surface area contributed by atoms with Gasteiger partial charge in [0.15, 0.2) is 0 Å². The van der Waals surface area contributed by atoms with Crippen LogP contribution in [0.5, 0.6) is 0 Å². The van der Waals surface area contributed by atoms with Gasteiger partial charge in [0.2, 0.25) is 0 Å². The molecular weight excluding hydrogens is 391 g/mol. The maximum absolute atomic E-state index is 6.23. The summed E-state index contributed by atoms with van der Waals surface area (Å²) >= 11 is 6.21. The van der Waals surface area contributed by atoms with Crippen molar-refractivity contribution < 1.29 is 0 Å². The standard InChI is InChI=1S/C19H27ClN4.2ClH/c1-14-9-18(23-24(14)2)12-22-17-7-4-8-19(11-17,13-21)15-5-3-6-16(20)10-15;;/h3,5-6,9-10,17,22H,4,7-8,11-13,21H2,1-2H3;2*1H. The third kappa shape index (κ3) is 5.14. The van der Waals surface area contributed by atoms with Crippen LogP contribution in [-0.2, 0) is 19.0 Å². The Balaban J connectivity index is 0.00000169. The zero-order chi connectivity index (χ0) is 17.2. The number of nitrogens with zero attached hydrogens (tertiary/aromatic N) is 2. The van der Waals surface area contributed by atoms with E-state index in [1.807, 2.05) is 23.9 Å². The number of hydrogen-bond donors (Lipinski definition) is 2. The lowest BCUT2D eigenvalue weighted by Gasteiger charge is -2.41. The topological polar surface area (TPSA) is 55.9 Å². The third-order valence-corrected chi connectivity index (χ3v) is 5.64. The zero-order valence-corrected chi connectivity index (χ0v) is 17.8. The van der Waals surface area contributed by atoms with Crippen molar-refractivity contribution in [3.05, 3.63) is 52.3 Å². The first-order chi connectivity index (χ1) is 11.5. The van der Waals surface area contributed by atoms with Crippen LogP contribution in [0.4, 0.5) is 0 Å². The van der Waals surface area contributed by atoms with E-state index >= 15 is 0 Å². The van der Waals surface area contributed by atoms with Gasteiger partial charge in [0.25, 0.3) is 0 Å². The second kappa shape index (κ2) is 9.95. The fraction of sp³-hybridized carbons (Fsp3) is 0.526. The number of rotatable bonds is 5. The molecule has 26 heavy (non-hydrogen) atoms. The molecule has 1 aliphatic carbocycles. The van der Waals surface area contributed by atoms with Crippen LogP contribution in [0.2, 0.25) is 5.02 Å². The summed E-state index contributed by atoms with van der Waals surface area (Å²) in [5, 5.41) is 9.01. The maximum atomic E-state index is 6.23. The fourth-order valence-electron chi connectivity index (χ4n) is 3.89. The lowest BCUT2D eigenvalue weighted by Crippen LogP contribution is -2.46. The van der Waals surface area contributed by atoms with E-state index in [0.29, 0.717) is 12.6 Å². The van der Waals surface area contributed by atoms with Gasteiger partial charge in [-0.05, 0) is 49.9 Å². The van der Waals surface area contributed by atoms with E-state index in [4.69, 9.17) is 17.3 Å². The maximum Gasteiger partial charge on any atom is 0.0765 e. The summed E-state index contributed by atoms with van der Waals surface area (Å²) in [5.41, 5.74) is 9.82. The van der Waals surface area contributed by atoms with Gasteiger partial charge in [0.05, 0.1) is 5.69 Å². The van der Waals surface area contributed by atoms with E-state index in [1.165, 1.54) is 24.1 Å². The molecule has 0 bridgehead atoms. The molecular formula is C19H29Cl3N4. The van der Waals surface area contributed by atoms with Crippen molar-refractivity contribution in [2.24, 2.45) is 12.8 Å². The summed E-state index contributed by atoms with van der Waals surface area (Å²) in [4.78, 5) is 0. The van der Waals surface area contributed by atoms with Gasteiger partial charge in [0.1, 0.15) is 0 Å². The molecule has 1 fully saturated rings. The van der Waals surface area contributed by atoms with Crippen LogP contribution in [-0.4, -0.2) is 22.4 Å². The molecule has 2 atom stereocenters. The molecule has 4 nitrogen and oxygen atoms in total. The Bertz CT molecular complexity index is 684. The molecule has 2 unspecified atom stereocenters. The summed E-state index contributed by atoms with van der Waals surface area (Å²) in [7, 11) is 1.98. The van der Waals surface area contributed by atoms with E-state index in [9.17, 15) is 0 Å². The largest absolute Gasteiger partial charge is 0.330 e. The Hall–Kier alpha value is -0.780. The highest BCUT2D eigenvalue weighted by Crippen LogP contribution is 2.39. The molecule has 0 amide bonds. The smallest absolute Gasteiger partial charge is 0.0765 e. The van der Waals surface area contributed by atoms with Gasteiger partial charge < -0.3 is 11.1 Å². The molecule has 1 heterocycles. The minimum Gasteiger partial charge on any atom is -0.330 e. The zero-order valence-electron chi connectivity index (χ0n) is 15.4. The first-order valence-corrected chi connectivity index (χ1v) is 9.09. The normalized spacial score (nSPS) is 22.4. The van der Waals surface area contributed by atoms with Crippen molar-refractivity contribution in [1.29, 1.82) is 0 Å². The van der Waals surface area contributed by atoms with Crippen molar-refractivity contribution >= 4 is 36.4 Å². The minimum absolute atomic E-state index is 0. The molecule has 1 aromatic heterocycles. The van der Waals surface area contributed by atoms with Crippen molar-refractivity contribution in [2.45, 2.75) is 50.6 Å². The molecule has 0 spiro atoms. The van der Waals surface area contributed by atoms with Gasteiger partial charge in [-0.25, -0.2) is 0 Å². The number of aryl methyl sites for hydroxylation is 2. The third-order valence-electron chi connectivity index (χ3n) is 5.41. The number of aromatic nitrogens is 2. The predicted octanol–water partition coefficient (Wildman–Crippen LogP) is 4.15. The predicted molar refractivity (Wildman–Crippen MR) is 114 cm³/mol. The molecule has 0 radical (unpaired) electrons. The number of nitrogens with one attached hydrogen (secondary N) is 1. The van der Waals surface area contributed by atoms with E-state index in [1.54, 1.807) is 0 Å². The second-order valence-electron chi connectivity index (χ2n) is 7.07. The van der Waals surface area contributed by atoms with Crippen LogP contribution in [0.3, 0.4) is 0 Å². The van der Waals surface area contributed by atoms with Gasteiger partial charge in [-0.1, -0.05) is 30.2 Å². The van der Waals surface area contributed by atoms with Crippen molar-refractivity contribution in [1.82, 2.24) is 15.1 Å². The second-order valence-corrected chi connectivity index (χ2v) is 7.51. The van der Waals surface area contributed by atoms with Gasteiger partial charge in [-0.2, -0.15) is 5.10 Å². The highest BCUT2D eigenvalue weighted by Gasteiger charge is 2.36. The van der Waals surface area contributed by atoms with Crippen LogP contribution >= 0.6 is 36.4 Å². The van der Waals surface area contributed by atoms with Gasteiger partial charge in [-0.15, -0.1) is 24.8 Å². The fourth-order valence-corrected chi connectivity index (χ4v) is 4.08. The summed E-state index contributed by atoms with van der Waals surface area (Å²) in [6, 6.07) is 10.8. The lowest BCUT2D eigenvalue weighted by atomic mass is 9.68. The quantitative estimate of drug-likeness (QED) is 0.765. The van der Waals surface area contributed by atoms with Crippen LogP contribution < -0.4 is 11.1 Å². The number of benzene rings is 1. The van der Waals surface area contributed by atoms with Gasteiger partial charge in [0, 0.05) is 42.3 Å². The molecule has 146 valence electrons. The molecule has 0 aliphatic heterocycles. The average Bonchev–Trinajstić information content (AvgIpc) is 2.91. The van der Waals surface area contributed by atoms with E-state index in [2.05, 4.69) is 35.5 Å². The lowest BCUT2D eigenvalue weighted by molar-refractivity contribution is 0.242. The SMILES string of the molecule is Cc1cc(CNC2CCCC(CN)(c3cccc(Cl)c3)C2)nn1C.Cl.Cl. The van der Waals surface area contributed by atoms with E-state index < -0.39 is 0 Å². The van der Waals surface area contributed by atoms with E-state index in [0.717, 1.165) is 30.1 Å². The Morgan fingerprint density at radius 2 is 2.12 bits per heavy atom. The summed E-state index contributed by atoms with van der Waals surface area (Å²) in [6.45, 7) is 3.55. The Morgan fingerprint density at radius 1 is 1.35 bits per heavy atom. The average molecular weight is 420 g/mol. The Morgan fingerprint density at radius 3 is 2.73 bits per heavy atom. The monoisotopic (exact) mass is 418 g/mol. The molecule has 3 N–H and O–H groups in total. The van der Waals surface area contributed by atoms with Crippen LogP contribution in [0.1, 0.15) is 42.6 Å². The number of halogens is 3. The van der Waals surface area contributed by atoms with Crippen LogP contribution in [0.25, 0.3) is 0 Å². The van der Waals surface area contributed by atoms with Gasteiger partial charge in [-0.3, -0.25) is 4.68 Å². The molecule has 3 rings (SSSR count). The minimum atomic E-state index is 0. The summed E-state index contributed by atoms with van der Waals surface area (Å²) in [5.74, 6) is 0. The molecule has 1 aliphatic rings. The Kier molecular flexibility index (Phi) is 8.90. The van der Waals surface area contributed by atoms with Crippen LogP contribution in [0, 0.1) is 6.92 Å². The first-order valence-electron chi connectivity index (χ1n) is 8.71. The van der Waals surface area contributed by atoms with Crippen molar-refractivity contribution in [3.63, 3.8) is 0 Å². The number of nitrogens with two attached hydrogens (primary N) is 1. The number of hydrogen-bond acceptors (Lipinski definition) is 3.